The average molecular weight is 486 g/mol. The lowest BCUT2D eigenvalue weighted by atomic mass is 9.97. The van der Waals surface area contributed by atoms with Gasteiger partial charge in [0.2, 0.25) is 5.95 Å². The van der Waals surface area contributed by atoms with Gasteiger partial charge in [-0.15, -0.1) is 0 Å². The van der Waals surface area contributed by atoms with Crippen molar-refractivity contribution >= 4 is 39.1 Å². The molecule has 0 bridgehead atoms. The maximum absolute atomic E-state index is 5.24. The molecule has 3 nitrogen and oxygen atoms in total. The third-order valence-electron chi connectivity index (χ3n) is 7.49. The summed E-state index contributed by atoms with van der Waals surface area (Å²) >= 11 is 0. The number of nitrogens with zero attached hydrogens (tertiary/aromatic N) is 3. The van der Waals surface area contributed by atoms with E-state index in [-0.39, 0.29) is 0 Å². The third kappa shape index (κ3) is 3.12. The maximum atomic E-state index is 5.24. The van der Waals surface area contributed by atoms with Gasteiger partial charge in [0.05, 0.1) is 22.4 Å². The normalized spacial score (nSPS) is 12.2. The Morgan fingerprint density at radius 1 is 0.474 bits per heavy atom. The highest BCUT2D eigenvalue weighted by atomic mass is 15.3. The van der Waals surface area contributed by atoms with Crippen LogP contribution in [0, 0.1) is 0 Å². The summed E-state index contributed by atoms with van der Waals surface area (Å²) in [6.07, 6.45) is 0. The molecule has 7 aromatic rings. The van der Waals surface area contributed by atoms with E-state index in [9.17, 15) is 0 Å². The number of anilines is 3. The third-order valence-corrected chi connectivity index (χ3v) is 7.49. The number of fused-ring (bicyclic) bond motifs is 8. The predicted octanol–water partition coefficient (Wildman–Crippen LogP) is 9.30. The van der Waals surface area contributed by atoms with Crippen LogP contribution in [0.15, 0.2) is 140 Å². The first-order chi connectivity index (χ1) is 18.8. The van der Waals surface area contributed by atoms with Gasteiger partial charge in [-0.3, -0.25) is 9.47 Å². The SMILES string of the molecule is c1ccc(-c2cccc(N3c4ccccc4-c4cc5ccccc5cc4-n4c3nc3ccccc34)c2)cc1. The molecule has 0 aliphatic carbocycles. The van der Waals surface area contributed by atoms with Crippen LogP contribution in [-0.2, 0) is 0 Å². The number of hydrogen-bond acceptors (Lipinski definition) is 2. The molecule has 3 heteroatoms. The Bertz CT molecular complexity index is 1980. The first kappa shape index (κ1) is 21.0. The van der Waals surface area contributed by atoms with Gasteiger partial charge in [-0.25, -0.2) is 4.98 Å². The molecule has 0 atom stereocenters. The second kappa shape index (κ2) is 8.19. The van der Waals surface area contributed by atoms with Crippen LogP contribution < -0.4 is 4.90 Å². The minimum Gasteiger partial charge on any atom is -0.280 e. The molecule has 38 heavy (non-hydrogen) atoms. The van der Waals surface area contributed by atoms with Crippen molar-refractivity contribution in [2.75, 3.05) is 4.90 Å². The van der Waals surface area contributed by atoms with Gasteiger partial charge in [0.25, 0.3) is 0 Å². The Balaban J connectivity index is 1.49. The molecule has 0 radical (unpaired) electrons. The van der Waals surface area contributed by atoms with E-state index in [1.165, 1.54) is 33.0 Å². The van der Waals surface area contributed by atoms with Crippen molar-refractivity contribution in [2.24, 2.45) is 0 Å². The van der Waals surface area contributed by atoms with E-state index in [1.807, 2.05) is 0 Å². The van der Waals surface area contributed by atoms with Gasteiger partial charge >= 0.3 is 0 Å². The first-order valence-electron chi connectivity index (χ1n) is 12.9. The summed E-state index contributed by atoms with van der Waals surface area (Å²) in [5.41, 5.74) is 10.2. The zero-order chi connectivity index (χ0) is 25.1. The monoisotopic (exact) mass is 485 g/mol. The van der Waals surface area contributed by atoms with Gasteiger partial charge in [0.15, 0.2) is 0 Å². The van der Waals surface area contributed by atoms with Crippen molar-refractivity contribution < 1.29 is 0 Å². The highest BCUT2D eigenvalue weighted by molar-refractivity contribution is 6.01. The molecule has 8 rings (SSSR count). The van der Waals surface area contributed by atoms with E-state index < -0.39 is 0 Å². The van der Waals surface area contributed by atoms with Crippen LogP contribution in [0.4, 0.5) is 17.3 Å². The van der Waals surface area contributed by atoms with Crippen molar-refractivity contribution in [1.82, 2.24) is 9.55 Å². The Morgan fingerprint density at radius 2 is 1.18 bits per heavy atom. The van der Waals surface area contributed by atoms with Gasteiger partial charge in [-0.1, -0.05) is 97.1 Å². The van der Waals surface area contributed by atoms with Gasteiger partial charge < -0.3 is 0 Å². The van der Waals surface area contributed by atoms with Crippen LogP contribution in [0.5, 0.6) is 0 Å². The van der Waals surface area contributed by atoms with E-state index >= 15 is 0 Å². The number of imidazole rings is 1. The van der Waals surface area contributed by atoms with Crippen molar-refractivity contribution in [1.29, 1.82) is 0 Å². The summed E-state index contributed by atoms with van der Waals surface area (Å²) in [6, 6.07) is 49.6. The zero-order valence-corrected chi connectivity index (χ0v) is 20.6. The Kier molecular flexibility index (Phi) is 4.52. The molecule has 2 heterocycles. The number of hydrogen-bond donors (Lipinski definition) is 0. The minimum atomic E-state index is 0.887. The van der Waals surface area contributed by atoms with E-state index in [2.05, 4.69) is 149 Å². The summed E-state index contributed by atoms with van der Waals surface area (Å²) in [6.45, 7) is 0. The Morgan fingerprint density at radius 3 is 2.08 bits per heavy atom. The quantitative estimate of drug-likeness (QED) is 0.243. The standard InChI is InChI=1S/C35H23N3/c1-2-11-24(12-3-1)25-15-10-16-28(21-25)37-32-19-8-6-17-29(32)30-22-26-13-4-5-14-27(26)23-34(30)38-33-20-9-7-18-31(33)36-35(37)38/h1-23H. The second-order valence-corrected chi connectivity index (χ2v) is 9.72. The zero-order valence-electron chi connectivity index (χ0n) is 20.6. The van der Waals surface area contributed by atoms with Crippen molar-refractivity contribution in [3.05, 3.63) is 140 Å². The molecule has 178 valence electrons. The summed E-state index contributed by atoms with van der Waals surface area (Å²) in [7, 11) is 0. The molecule has 1 aliphatic heterocycles. The first-order valence-corrected chi connectivity index (χ1v) is 12.9. The number of aromatic nitrogens is 2. The Hall–Kier alpha value is -5.15. The lowest BCUT2D eigenvalue weighted by molar-refractivity contribution is 1.05. The van der Waals surface area contributed by atoms with Gasteiger partial charge in [0, 0.05) is 16.8 Å². The fraction of sp³-hybridized carbons (Fsp3) is 0. The van der Waals surface area contributed by atoms with E-state index in [0.29, 0.717) is 0 Å². The summed E-state index contributed by atoms with van der Waals surface area (Å²) in [5.74, 6) is 0.887. The second-order valence-electron chi connectivity index (χ2n) is 9.72. The Labute approximate surface area is 220 Å². The number of rotatable bonds is 2. The fourth-order valence-electron chi connectivity index (χ4n) is 5.74. The molecule has 1 aromatic heterocycles. The van der Waals surface area contributed by atoms with E-state index in [1.54, 1.807) is 0 Å². The largest absolute Gasteiger partial charge is 0.280 e. The van der Waals surface area contributed by atoms with Gasteiger partial charge in [-0.2, -0.15) is 0 Å². The van der Waals surface area contributed by atoms with Crippen LogP contribution in [0.3, 0.4) is 0 Å². The molecular formula is C35H23N3. The number of benzene rings is 6. The highest BCUT2D eigenvalue weighted by Gasteiger charge is 2.29. The summed E-state index contributed by atoms with van der Waals surface area (Å²) in [4.78, 5) is 7.55. The van der Waals surface area contributed by atoms with Crippen LogP contribution in [0.1, 0.15) is 0 Å². The van der Waals surface area contributed by atoms with Crippen LogP contribution >= 0.6 is 0 Å². The number of para-hydroxylation sites is 3. The van der Waals surface area contributed by atoms with Crippen LogP contribution in [0.2, 0.25) is 0 Å². The van der Waals surface area contributed by atoms with Gasteiger partial charge in [-0.05, 0) is 64.4 Å². The minimum absolute atomic E-state index is 0.887. The molecule has 6 aromatic carbocycles. The molecule has 0 saturated heterocycles. The molecule has 0 fully saturated rings. The van der Waals surface area contributed by atoms with E-state index in [4.69, 9.17) is 4.98 Å². The molecule has 0 unspecified atom stereocenters. The van der Waals surface area contributed by atoms with Crippen LogP contribution in [-0.4, -0.2) is 9.55 Å². The molecular weight excluding hydrogens is 462 g/mol. The highest BCUT2D eigenvalue weighted by Crippen LogP contribution is 2.48. The molecule has 0 amide bonds. The smallest absolute Gasteiger partial charge is 0.220 e. The maximum Gasteiger partial charge on any atom is 0.220 e. The van der Waals surface area contributed by atoms with Crippen molar-refractivity contribution in [3.8, 4) is 27.9 Å². The topological polar surface area (TPSA) is 21.1 Å². The molecule has 0 N–H and O–H groups in total. The lowest BCUT2D eigenvalue weighted by Crippen LogP contribution is -2.14. The summed E-state index contributed by atoms with van der Waals surface area (Å²) < 4.78 is 2.33. The average Bonchev–Trinajstić information content (AvgIpc) is 3.31. The predicted molar refractivity (Wildman–Crippen MR) is 158 cm³/mol. The molecule has 0 spiro atoms. The lowest BCUT2D eigenvalue weighted by Gasteiger charge is -2.25. The van der Waals surface area contributed by atoms with Crippen molar-refractivity contribution in [2.45, 2.75) is 0 Å². The summed E-state index contributed by atoms with van der Waals surface area (Å²) in [5, 5.41) is 2.44. The van der Waals surface area contributed by atoms with Gasteiger partial charge in [0.1, 0.15) is 0 Å². The fourth-order valence-corrected chi connectivity index (χ4v) is 5.74. The van der Waals surface area contributed by atoms with Crippen LogP contribution in [0.25, 0.3) is 49.7 Å². The van der Waals surface area contributed by atoms with E-state index in [0.717, 1.165) is 34.0 Å². The van der Waals surface area contributed by atoms with Crippen molar-refractivity contribution in [3.63, 3.8) is 0 Å². The molecule has 1 aliphatic rings. The molecule has 0 saturated carbocycles.